The number of aromatic nitrogens is 3. The molecule has 0 amide bonds. The molecular weight excluding hydrogens is 791 g/mol. The molecule has 2 spiro atoms. The molecule has 0 saturated carbocycles. The van der Waals surface area contributed by atoms with E-state index in [1.807, 2.05) is 18.5 Å². The molecule has 11 aromatic rings. The molecule has 8 aromatic carbocycles. The molecule has 3 aliphatic rings. The van der Waals surface area contributed by atoms with E-state index in [1.165, 1.54) is 55.9 Å². The zero-order chi connectivity index (χ0) is 42.7. The minimum Gasteiger partial charge on any atom is -0.310 e. The molecule has 5 heteroatoms. The van der Waals surface area contributed by atoms with Crippen LogP contribution in [-0.4, -0.2) is 14.5 Å². The predicted octanol–water partition coefficient (Wildman–Crippen LogP) is 14.2. The number of anilines is 6. The minimum atomic E-state index is -0.668. The SMILES string of the molecule is c1ccc(N2c3ccccc3C3(c4ccccc42)c2ccccc2C2(c4ccccc4N(c4ccc(-n5c6ccccc6c6ncccc65)cn4)c4ccccc42)c2ccccc23)cc1. The number of hydrogen-bond acceptors (Lipinski definition) is 4. The summed E-state index contributed by atoms with van der Waals surface area (Å²) in [6.07, 6.45) is 3.88. The van der Waals surface area contributed by atoms with Crippen molar-refractivity contribution in [3.63, 3.8) is 0 Å². The first-order chi connectivity index (χ1) is 32.3. The fraction of sp³-hybridized carbons (Fsp3) is 0.0333. The standard InChI is InChI=1S/C60H39N5/c1-2-19-40(20-3-1)63-52-31-14-9-26-47(52)59(48-27-10-15-32-53(48)63)43-22-5-7-24-45(43)60(46-25-8-6-23-44(46)59)49-28-11-16-33-54(49)65(55-34-17-12-29-50(55)60)57-37-36-41(39-62-57)64-51-30-13-4-21-42(51)58-56(64)35-18-38-61-58/h1-39H. The molecule has 14 rings (SSSR count). The van der Waals surface area contributed by atoms with Crippen LogP contribution in [0.1, 0.15) is 44.5 Å². The molecule has 0 fully saturated rings. The minimum absolute atomic E-state index is 0.627. The molecule has 2 aliphatic heterocycles. The van der Waals surface area contributed by atoms with E-state index in [1.54, 1.807) is 0 Å². The van der Waals surface area contributed by atoms with E-state index in [4.69, 9.17) is 9.97 Å². The second-order valence-corrected chi connectivity index (χ2v) is 17.3. The van der Waals surface area contributed by atoms with Gasteiger partial charge in [-0.2, -0.15) is 0 Å². The van der Waals surface area contributed by atoms with Gasteiger partial charge in [0, 0.05) is 17.3 Å². The Balaban J connectivity index is 1.02. The fourth-order valence-electron chi connectivity index (χ4n) is 12.0. The Labute approximate surface area is 376 Å². The van der Waals surface area contributed by atoms with Gasteiger partial charge in [-0.15, -0.1) is 0 Å². The molecule has 0 N–H and O–H groups in total. The Bertz CT molecular complexity index is 3500. The van der Waals surface area contributed by atoms with Crippen molar-refractivity contribution in [1.82, 2.24) is 14.5 Å². The lowest BCUT2D eigenvalue weighted by Crippen LogP contribution is -2.49. The third-order valence-electron chi connectivity index (χ3n) is 14.3. The summed E-state index contributed by atoms with van der Waals surface area (Å²) in [6.45, 7) is 0. The molecule has 5 nitrogen and oxygen atoms in total. The van der Waals surface area contributed by atoms with Crippen LogP contribution in [0.5, 0.6) is 0 Å². The molecule has 0 atom stereocenters. The van der Waals surface area contributed by atoms with Crippen LogP contribution in [0.4, 0.5) is 34.3 Å². The predicted molar refractivity (Wildman–Crippen MR) is 263 cm³/mol. The third kappa shape index (κ3) is 4.61. The summed E-state index contributed by atoms with van der Waals surface area (Å²) in [7, 11) is 0. The molecule has 5 heterocycles. The quantitative estimate of drug-likeness (QED) is 0.178. The van der Waals surface area contributed by atoms with Crippen LogP contribution in [0.2, 0.25) is 0 Å². The van der Waals surface area contributed by atoms with Crippen molar-refractivity contribution in [3.8, 4) is 5.69 Å². The Hall–Kier alpha value is -8.54. The Morgan fingerprint density at radius 1 is 0.308 bits per heavy atom. The summed E-state index contributed by atoms with van der Waals surface area (Å²) in [5.74, 6) is 0.854. The van der Waals surface area contributed by atoms with Crippen molar-refractivity contribution >= 4 is 56.2 Å². The maximum Gasteiger partial charge on any atom is 0.137 e. The maximum absolute atomic E-state index is 5.32. The Morgan fingerprint density at radius 3 is 1.25 bits per heavy atom. The van der Waals surface area contributed by atoms with Gasteiger partial charge in [0.05, 0.1) is 62.0 Å². The molecule has 65 heavy (non-hydrogen) atoms. The summed E-state index contributed by atoms with van der Waals surface area (Å²) < 4.78 is 2.27. The van der Waals surface area contributed by atoms with Crippen molar-refractivity contribution in [2.45, 2.75) is 10.8 Å². The number of benzene rings is 8. The average Bonchev–Trinajstić information content (AvgIpc) is 3.72. The first-order valence-corrected chi connectivity index (χ1v) is 22.3. The molecule has 0 unspecified atom stereocenters. The zero-order valence-corrected chi connectivity index (χ0v) is 35.3. The summed E-state index contributed by atoms with van der Waals surface area (Å²) in [6, 6.07) is 82.5. The molecule has 0 bridgehead atoms. The topological polar surface area (TPSA) is 37.2 Å². The van der Waals surface area contributed by atoms with Gasteiger partial charge < -0.3 is 9.47 Å². The van der Waals surface area contributed by atoms with Gasteiger partial charge in [-0.25, -0.2) is 4.98 Å². The van der Waals surface area contributed by atoms with Crippen molar-refractivity contribution < 1.29 is 0 Å². The first-order valence-electron chi connectivity index (χ1n) is 22.3. The highest BCUT2D eigenvalue weighted by atomic mass is 15.2. The normalized spacial score (nSPS) is 14.6. The largest absolute Gasteiger partial charge is 0.310 e. The van der Waals surface area contributed by atoms with E-state index in [2.05, 4.69) is 233 Å². The van der Waals surface area contributed by atoms with E-state index in [0.29, 0.717) is 0 Å². The smallest absolute Gasteiger partial charge is 0.137 e. The van der Waals surface area contributed by atoms with Crippen LogP contribution in [-0.2, 0) is 10.8 Å². The number of hydrogen-bond donors (Lipinski definition) is 0. The number of nitrogens with zero attached hydrogens (tertiary/aromatic N) is 5. The van der Waals surface area contributed by atoms with E-state index in [-0.39, 0.29) is 0 Å². The van der Waals surface area contributed by atoms with Crippen LogP contribution in [0.25, 0.3) is 27.6 Å². The first kappa shape index (κ1) is 36.0. The van der Waals surface area contributed by atoms with Gasteiger partial charge in [0.1, 0.15) is 5.82 Å². The van der Waals surface area contributed by atoms with E-state index in [9.17, 15) is 0 Å². The monoisotopic (exact) mass is 829 g/mol. The Kier molecular flexibility index (Phi) is 7.47. The van der Waals surface area contributed by atoms with Crippen molar-refractivity contribution in [1.29, 1.82) is 0 Å². The Morgan fingerprint density at radius 2 is 0.738 bits per heavy atom. The van der Waals surface area contributed by atoms with Crippen LogP contribution >= 0.6 is 0 Å². The molecule has 0 radical (unpaired) electrons. The second kappa shape index (κ2) is 13.5. The summed E-state index contributed by atoms with van der Waals surface area (Å²) in [5, 5.41) is 1.12. The molecular formula is C60H39N5. The number of rotatable bonds is 3. The summed E-state index contributed by atoms with van der Waals surface area (Å²) >= 11 is 0. The number of pyridine rings is 2. The highest BCUT2D eigenvalue weighted by Gasteiger charge is 2.58. The highest BCUT2D eigenvalue weighted by Crippen LogP contribution is 2.67. The number of fused-ring (bicyclic) bond motifs is 17. The van der Waals surface area contributed by atoms with Crippen molar-refractivity contribution in [2.24, 2.45) is 0 Å². The summed E-state index contributed by atoms with van der Waals surface area (Å²) in [5.41, 5.74) is 18.6. The van der Waals surface area contributed by atoms with E-state index < -0.39 is 10.8 Å². The van der Waals surface area contributed by atoms with Gasteiger partial charge >= 0.3 is 0 Å². The lowest BCUT2D eigenvalue weighted by atomic mass is 9.49. The third-order valence-corrected chi connectivity index (χ3v) is 14.3. The average molecular weight is 830 g/mol. The van der Waals surface area contributed by atoms with Gasteiger partial charge in [-0.05, 0) is 111 Å². The van der Waals surface area contributed by atoms with Crippen LogP contribution < -0.4 is 9.80 Å². The highest BCUT2D eigenvalue weighted by molar-refractivity contribution is 6.07. The van der Waals surface area contributed by atoms with Crippen LogP contribution in [0, 0.1) is 0 Å². The molecule has 304 valence electrons. The van der Waals surface area contributed by atoms with Gasteiger partial charge in [-0.1, -0.05) is 158 Å². The van der Waals surface area contributed by atoms with E-state index >= 15 is 0 Å². The lowest BCUT2D eigenvalue weighted by molar-refractivity contribution is 0.607. The van der Waals surface area contributed by atoms with Crippen molar-refractivity contribution in [3.05, 3.63) is 281 Å². The molecule has 1 aliphatic carbocycles. The van der Waals surface area contributed by atoms with Gasteiger partial charge in [0.15, 0.2) is 0 Å². The van der Waals surface area contributed by atoms with Gasteiger partial charge in [0.2, 0.25) is 0 Å². The van der Waals surface area contributed by atoms with Gasteiger partial charge in [0.25, 0.3) is 0 Å². The van der Waals surface area contributed by atoms with Gasteiger partial charge in [-0.3, -0.25) is 9.88 Å². The van der Waals surface area contributed by atoms with Crippen LogP contribution in [0.3, 0.4) is 0 Å². The number of para-hydroxylation sites is 6. The van der Waals surface area contributed by atoms with E-state index in [0.717, 1.165) is 50.5 Å². The zero-order valence-electron chi connectivity index (χ0n) is 35.3. The lowest BCUT2D eigenvalue weighted by Gasteiger charge is -2.56. The van der Waals surface area contributed by atoms with Crippen molar-refractivity contribution in [2.75, 3.05) is 9.80 Å². The second-order valence-electron chi connectivity index (χ2n) is 17.3. The fourth-order valence-corrected chi connectivity index (χ4v) is 12.0. The summed E-state index contributed by atoms with van der Waals surface area (Å²) in [4.78, 5) is 14.9. The molecule has 0 saturated heterocycles. The maximum atomic E-state index is 5.32. The molecule has 3 aromatic heterocycles. The van der Waals surface area contributed by atoms with Crippen LogP contribution in [0.15, 0.2) is 237 Å².